The highest BCUT2D eigenvalue weighted by Crippen LogP contribution is 2.28. The molecule has 0 spiro atoms. The Morgan fingerprint density at radius 3 is 2.44 bits per heavy atom. The third-order valence-corrected chi connectivity index (χ3v) is 2.98. The van der Waals surface area contributed by atoms with Crippen molar-refractivity contribution in [3.05, 3.63) is 29.8 Å². The van der Waals surface area contributed by atoms with Crippen LogP contribution in [0.15, 0.2) is 29.3 Å². The summed E-state index contributed by atoms with van der Waals surface area (Å²) in [5.41, 5.74) is 3.01. The first-order chi connectivity index (χ1) is 7.59. The minimum atomic E-state index is 0.363. The van der Waals surface area contributed by atoms with Gasteiger partial charge in [-0.25, -0.2) is 0 Å². The van der Waals surface area contributed by atoms with Crippen LogP contribution >= 0.6 is 0 Å². The number of hydrogen-bond acceptors (Lipinski definition) is 2. The Kier molecular flexibility index (Phi) is 2.99. The fraction of sp³-hybridized carbons (Fsp3) is 0.500. The molecule has 2 nitrogen and oxygen atoms in total. The monoisotopic (exact) mass is 217 g/mol. The highest BCUT2D eigenvalue weighted by atomic mass is 16.5. The number of nitrogens with zero attached hydrogens (tertiary/aromatic N) is 1. The Morgan fingerprint density at radius 1 is 1.25 bits per heavy atom. The number of rotatable bonds is 3. The Balaban J connectivity index is 2.00. The number of aliphatic imine (C=N–C) groups is 1. The first kappa shape index (κ1) is 11.2. The van der Waals surface area contributed by atoms with E-state index in [2.05, 4.69) is 31.0 Å². The molecule has 0 N–H and O–H groups in total. The van der Waals surface area contributed by atoms with E-state index in [9.17, 15) is 0 Å². The van der Waals surface area contributed by atoms with Gasteiger partial charge in [0.15, 0.2) is 0 Å². The smallest absolute Gasteiger partial charge is 0.118 e. The lowest BCUT2D eigenvalue weighted by molar-refractivity contribution is 0.414. The maximum Gasteiger partial charge on any atom is 0.118 e. The molecule has 0 atom stereocenters. The van der Waals surface area contributed by atoms with Crippen molar-refractivity contribution in [1.29, 1.82) is 0 Å². The van der Waals surface area contributed by atoms with Crippen LogP contribution in [0, 0.1) is 5.41 Å². The number of benzene rings is 1. The molecule has 1 aromatic rings. The normalized spacial score (nSPS) is 18.3. The largest absolute Gasteiger partial charge is 0.497 e. The van der Waals surface area contributed by atoms with Gasteiger partial charge in [0.2, 0.25) is 0 Å². The molecule has 0 saturated heterocycles. The third-order valence-electron chi connectivity index (χ3n) is 2.98. The van der Waals surface area contributed by atoms with E-state index in [-0.39, 0.29) is 0 Å². The highest BCUT2D eigenvalue weighted by molar-refractivity contribution is 5.88. The van der Waals surface area contributed by atoms with Gasteiger partial charge in [-0.05, 0) is 29.5 Å². The molecule has 0 fully saturated rings. The number of methoxy groups -OCH3 is 1. The summed E-state index contributed by atoms with van der Waals surface area (Å²) < 4.78 is 5.14. The minimum Gasteiger partial charge on any atom is -0.497 e. The summed E-state index contributed by atoms with van der Waals surface area (Å²) in [7, 11) is 1.69. The van der Waals surface area contributed by atoms with Crippen molar-refractivity contribution in [2.24, 2.45) is 10.4 Å². The first-order valence-corrected chi connectivity index (χ1v) is 5.74. The van der Waals surface area contributed by atoms with Crippen molar-refractivity contribution in [2.75, 3.05) is 13.7 Å². The lowest BCUT2D eigenvalue weighted by Crippen LogP contribution is -2.12. The van der Waals surface area contributed by atoms with Gasteiger partial charge in [-0.15, -0.1) is 0 Å². The SMILES string of the molecule is COc1ccc(CC2=NCC(C)(C)C2)cc1. The van der Waals surface area contributed by atoms with E-state index in [0.29, 0.717) is 5.41 Å². The molecule has 0 amide bonds. The Morgan fingerprint density at radius 2 is 1.94 bits per heavy atom. The van der Waals surface area contributed by atoms with Crippen molar-refractivity contribution in [1.82, 2.24) is 0 Å². The van der Waals surface area contributed by atoms with Crippen molar-refractivity contribution < 1.29 is 4.74 Å². The second kappa shape index (κ2) is 4.28. The second-order valence-corrected chi connectivity index (χ2v) is 5.25. The van der Waals surface area contributed by atoms with Crippen LogP contribution < -0.4 is 4.74 Å². The zero-order valence-electron chi connectivity index (χ0n) is 10.3. The summed E-state index contributed by atoms with van der Waals surface area (Å²) in [5.74, 6) is 0.914. The molecule has 2 heteroatoms. The maximum atomic E-state index is 5.14. The Bertz CT molecular complexity index is 390. The lowest BCUT2D eigenvalue weighted by atomic mass is 9.89. The molecular weight excluding hydrogens is 198 g/mol. The van der Waals surface area contributed by atoms with Crippen LogP contribution in [0.4, 0.5) is 0 Å². The zero-order chi connectivity index (χ0) is 11.6. The van der Waals surface area contributed by atoms with E-state index in [1.807, 2.05) is 12.1 Å². The van der Waals surface area contributed by atoms with Crippen LogP contribution in [0.5, 0.6) is 5.75 Å². The van der Waals surface area contributed by atoms with Crippen molar-refractivity contribution in [3.63, 3.8) is 0 Å². The Labute approximate surface area is 97.4 Å². The lowest BCUT2D eigenvalue weighted by Gasteiger charge is -2.14. The molecule has 0 radical (unpaired) electrons. The van der Waals surface area contributed by atoms with Gasteiger partial charge in [-0.1, -0.05) is 26.0 Å². The van der Waals surface area contributed by atoms with Gasteiger partial charge in [0.25, 0.3) is 0 Å². The van der Waals surface area contributed by atoms with Gasteiger partial charge in [-0.2, -0.15) is 0 Å². The average Bonchev–Trinajstić information content (AvgIpc) is 2.59. The molecule has 1 aromatic carbocycles. The molecule has 0 saturated carbocycles. The van der Waals surface area contributed by atoms with E-state index in [1.165, 1.54) is 11.3 Å². The molecule has 1 aliphatic heterocycles. The van der Waals surface area contributed by atoms with Crippen LogP contribution in [0.25, 0.3) is 0 Å². The summed E-state index contributed by atoms with van der Waals surface area (Å²) in [6, 6.07) is 8.26. The van der Waals surface area contributed by atoms with Gasteiger partial charge < -0.3 is 4.74 Å². The first-order valence-electron chi connectivity index (χ1n) is 5.74. The number of ether oxygens (including phenoxy) is 1. The summed E-state index contributed by atoms with van der Waals surface area (Å²) in [4.78, 5) is 4.61. The van der Waals surface area contributed by atoms with E-state index < -0.39 is 0 Å². The van der Waals surface area contributed by atoms with Crippen LogP contribution in [0.2, 0.25) is 0 Å². The van der Waals surface area contributed by atoms with Gasteiger partial charge >= 0.3 is 0 Å². The molecule has 86 valence electrons. The summed E-state index contributed by atoms with van der Waals surface area (Å²) >= 11 is 0. The minimum absolute atomic E-state index is 0.363. The third kappa shape index (κ3) is 2.63. The van der Waals surface area contributed by atoms with E-state index >= 15 is 0 Å². The Hall–Kier alpha value is -1.31. The molecular formula is C14H19NO. The van der Waals surface area contributed by atoms with Crippen molar-refractivity contribution in [3.8, 4) is 5.75 Å². The molecule has 0 unspecified atom stereocenters. The molecule has 0 aliphatic carbocycles. The molecule has 16 heavy (non-hydrogen) atoms. The van der Waals surface area contributed by atoms with Crippen molar-refractivity contribution in [2.45, 2.75) is 26.7 Å². The molecule has 1 heterocycles. The molecule has 0 aromatic heterocycles. The molecule has 1 aliphatic rings. The van der Waals surface area contributed by atoms with Crippen LogP contribution in [-0.4, -0.2) is 19.4 Å². The van der Waals surface area contributed by atoms with E-state index in [1.54, 1.807) is 7.11 Å². The van der Waals surface area contributed by atoms with Crippen LogP contribution in [0.3, 0.4) is 0 Å². The van der Waals surface area contributed by atoms with E-state index in [4.69, 9.17) is 4.74 Å². The maximum absolute atomic E-state index is 5.14. The van der Waals surface area contributed by atoms with Crippen LogP contribution in [0.1, 0.15) is 25.8 Å². The summed E-state index contributed by atoms with van der Waals surface area (Å²) in [5, 5.41) is 0. The van der Waals surface area contributed by atoms with Crippen molar-refractivity contribution >= 4 is 5.71 Å². The predicted octanol–water partition coefficient (Wildman–Crippen LogP) is 3.11. The summed E-state index contributed by atoms with van der Waals surface area (Å²) in [6.07, 6.45) is 2.10. The average molecular weight is 217 g/mol. The summed E-state index contributed by atoms with van der Waals surface area (Å²) in [6.45, 7) is 5.52. The molecule has 0 bridgehead atoms. The second-order valence-electron chi connectivity index (χ2n) is 5.25. The van der Waals surface area contributed by atoms with Gasteiger partial charge in [-0.3, -0.25) is 4.99 Å². The fourth-order valence-electron chi connectivity index (χ4n) is 2.09. The van der Waals surface area contributed by atoms with Gasteiger partial charge in [0.1, 0.15) is 5.75 Å². The molecule has 2 rings (SSSR count). The van der Waals surface area contributed by atoms with Gasteiger partial charge in [0, 0.05) is 18.7 Å². The zero-order valence-corrected chi connectivity index (χ0v) is 10.3. The van der Waals surface area contributed by atoms with Crippen LogP contribution in [-0.2, 0) is 6.42 Å². The predicted molar refractivity (Wildman–Crippen MR) is 67.4 cm³/mol. The standard InChI is InChI=1S/C14H19NO/c1-14(2)9-12(15-10-14)8-11-4-6-13(16-3)7-5-11/h4-7H,8-10H2,1-3H3. The van der Waals surface area contributed by atoms with E-state index in [0.717, 1.165) is 25.1 Å². The highest BCUT2D eigenvalue weighted by Gasteiger charge is 2.25. The topological polar surface area (TPSA) is 21.6 Å². The number of hydrogen-bond donors (Lipinski definition) is 0. The quantitative estimate of drug-likeness (QED) is 0.762. The fourth-order valence-corrected chi connectivity index (χ4v) is 2.09. The van der Waals surface area contributed by atoms with Gasteiger partial charge in [0.05, 0.1) is 7.11 Å².